The molecule has 2 heterocycles. The molecule has 78 valence electrons. The minimum absolute atomic E-state index is 0.284. The first kappa shape index (κ1) is 9.72. The van der Waals surface area contributed by atoms with Crippen molar-refractivity contribution in [2.75, 3.05) is 0 Å². The van der Waals surface area contributed by atoms with Gasteiger partial charge in [-0.05, 0) is 6.07 Å². The third-order valence-corrected chi connectivity index (χ3v) is 2.66. The van der Waals surface area contributed by atoms with Gasteiger partial charge in [0.05, 0.1) is 18.2 Å². The van der Waals surface area contributed by atoms with Crippen LogP contribution in [0.2, 0.25) is 0 Å². The quantitative estimate of drug-likeness (QED) is 0.853. The summed E-state index contributed by atoms with van der Waals surface area (Å²) in [5.74, 6) is -1.04. The van der Waals surface area contributed by atoms with E-state index in [0.717, 1.165) is 11.3 Å². The number of aliphatic carboxylic acids is 1. The van der Waals surface area contributed by atoms with E-state index in [9.17, 15) is 9.59 Å². The maximum atomic E-state index is 11.4. The zero-order valence-electron chi connectivity index (χ0n) is 7.54. The van der Waals surface area contributed by atoms with Gasteiger partial charge in [0, 0.05) is 10.9 Å². The van der Waals surface area contributed by atoms with E-state index in [4.69, 9.17) is 9.52 Å². The van der Waals surface area contributed by atoms with Crippen molar-refractivity contribution in [1.82, 2.24) is 4.57 Å². The van der Waals surface area contributed by atoms with Crippen LogP contribution in [0.15, 0.2) is 33.2 Å². The molecular formula is C9H7NO4S. The van der Waals surface area contributed by atoms with Gasteiger partial charge >= 0.3 is 10.8 Å². The smallest absolute Gasteiger partial charge is 0.323 e. The second-order valence-electron chi connectivity index (χ2n) is 2.88. The first-order valence-electron chi connectivity index (χ1n) is 4.11. The molecule has 0 radical (unpaired) electrons. The molecule has 2 aromatic heterocycles. The van der Waals surface area contributed by atoms with Crippen LogP contribution < -0.4 is 4.87 Å². The average Bonchev–Trinajstić information content (AvgIpc) is 2.76. The summed E-state index contributed by atoms with van der Waals surface area (Å²) in [6, 6.07) is 1.68. The van der Waals surface area contributed by atoms with Gasteiger partial charge in [0.1, 0.15) is 6.54 Å². The number of thiazole rings is 1. The van der Waals surface area contributed by atoms with Crippen LogP contribution in [0.25, 0.3) is 11.3 Å². The molecule has 0 aliphatic heterocycles. The lowest BCUT2D eigenvalue weighted by Crippen LogP contribution is -2.19. The maximum Gasteiger partial charge on any atom is 0.323 e. The summed E-state index contributed by atoms with van der Waals surface area (Å²) in [6.07, 6.45) is 2.95. The third kappa shape index (κ3) is 1.84. The lowest BCUT2D eigenvalue weighted by atomic mass is 10.2. The lowest BCUT2D eigenvalue weighted by molar-refractivity contribution is -0.137. The van der Waals surface area contributed by atoms with E-state index in [-0.39, 0.29) is 11.4 Å². The number of carboxylic acids is 1. The molecule has 0 saturated carbocycles. The van der Waals surface area contributed by atoms with Crippen LogP contribution in [0, 0.1) is 0 Å². The molecular weight excluding hydrogens is 218 g/mol. The van der Waals surface area contributed by atoms with Crippen molar-refractivity contribution >= 4 is 17.3 Å². The summed E-state index contributed by atoms with van der Waals surface area (Å²) in [5, 5.41) is 10.3. The summed E-state index contributed by atoms with van der Waals surface area (Å²) < 4.78 is 6.09. The molecule has 6 heteroatoms. The average molecular weight is 225 g/mol. The lowest BCUT2D eigenvalue weighted by Gasteiger charge is -2.01. The summed E-state index contributed by atoms with van der Waals surface area (Å²) in [4.78, 5) is 21.6. The highest BCUT2D eigenvalue weighted by Gasteiger charge is 2.12. The maximum absolute atomic E-state index is 11.4. The zero-order valence-corrected chi connectivity index (χ0v) is 8.36. The minimum Gasteiger partial charge on any atom is -0.480 e. The Morgan fingerprint density at radius 1 is 1.60 bits per heavy atom. The van der Waals surface area contributed by atoms with Gasteiger partial charge in [0.2, 0.25) is 0 Å². The first-order chi connectivity index (χ1) is 7.18. The van der Waals surface area contributed by atoms with Crippen molar-refractivity contribution in [2.45, 2.75) is 6.54 Å². The predicted molar refractivity (Wildman–Crippen MR) is 53.9 cm³/mol. The number of hydrogen-bond acceptors (Lipinski definition) is 4. The summed E-state index contributed by atoms with van der Waals surface area (Å²) >= 11 is 0.974. The van der Waals surface area contributed by atoms with Crippen LogP contribution in [-0.2, 0) is 11.3 Å². The van der Waals surface area contributed by atoms with Crippen molar-refractivity contribution in [3.63, 3.8) is 0 Å². The SMILES string of the molecule is O=C(O)Cn1c(-c2ccoc2)csc1=O. The van der Waals surface area contributed by atoms with Gasteiger partial charge < -0.3 is 9.52 Å². The molecule has 0 aliphatic rings. The monoisotopic (exact) mass is 225 g/mol. The minimum atomic E-state index is -1.04. The van der Waals surface area contributed by atoms with Crippen LogP contribution in [0.5, 0.6) is 0 Å². The molecule has 0 spiro atoms. The van der Waals surface area contributed by atoms with Gasteiger partial charge in [-0.1, -0.05) is 11.3 Å². The largest absolute Gasteiger partial charge is 0.480 e. The standard InChI is InChI=1S/C9H7NO4S/c11-8(12)3-10-7(5-15-9(10)13)6-1-2-14-4-6/h1-2,4-5H,3H2,(H,11,12). The Bertz CT molecular complexity index is 523. The third-order valence-electron chi connectivity index (χ3n) is 1.89. The molecule has 0 aromatic carbocycles. The van der Waals surface area contributed by atoms with Crippen molar-refractivity contribution < 1.29 is 14.3 Å². The van der Waals surface area contributed by atoms with Gasteiger partial charge in [-0.15, -0.1) is 0 Å². The number of carbonyl (C=O) groups is 1. The van der Waals surface area contributed by atoms with Crippen molar-refractivity contribution in [3.05, 3.63) is 33.6 Å². The number of carboxylic acid groups (broad SMARTS) is 1. The predicted octanol–water partition coefficient (Wildman–Crippen LogP) is 1.25. The van der Waals surface area contributed by atoms with Gasteiger partial charge in [0.15, 0.2) is 0 Å². The molecule has 2 aromatic rings. The van der Waals surface area contributed by atoms with Crippen LogP contribution in [-0.4, -0.2) is 15.6 Å². The highest BCUT2D eigenvalue weighted by atomic mass is 32.1. The van der Waals surface area contributed by atoms with Gasteiger partial charge in [0.25, 0.3) is 0 Å². The van der Waals surface area contributed by atoms with Crippen LogP contribution in [0.1, 0.15) is 0 Å². The second-order valence-corrected chi connectivity index (χ2v) is 3.70. The van der Waals surface area contributed by atoms with E-state index in [1.807, 2.05) is 0 Å². The molecule has 2 rings (SSSR count). The summed E-state index contributed by atoms with van der Waals surface area (Å²) in [6.45, 7) is -0.331. The molecule has 0 unspecified atom stereocenters. The van der Waals surface area contributed by atoms with Crippen molar-refractivity contribution in [1.29, 1.82) is 0 Å². The molecule has 15 heavy (non-hydrogen) atoms. The Balaban J connectivity index is 2.49. The molecule has 1 N–H and O–H groups in total. The Labute approximate surface area is 88.2 Å². The second kappa shape index (κ2) is 3.74. The number of rotatable bonds is 3. The van der Waals surface area contributed by atoms with Crippen LogP contribution in [0.3, 0.4) is 0 Å². The summed E-state index contributed by atoms with van der Waals surface area (Å²) in [5.41, 5.74) is 1.27. The molecule has 5 nitrogen and oxygen atoms in total. The van der Waals surface area contributed by atoms with Gasteiger partial charge in [-0.3, -0.25) is 14.2 Å². The van der Waals surface area contributed by atoms with Crippen molar-refractivity contribution in [2.24, 2.45) is 0 Å². The van der Waals surface area contributed by atoms with E-state index in [1.165, 1.54) is 17.1 Å². The fraction of sp³-hybridized carbons (Fsp3) is 0.111. The molecule has 0 amide bonds. The van der Waals surface area contributed by atoms with E-state index in [1.54, 1.807) is 11.4 Å². The normalized spacial score (nSPS) is 10.4. The van der Waals surface area contributed by atoms with Crippen LogP contribution in [0.4, 0.5) is 0 Å². The molecule has 0 saturated heterocycles. The molecule has 0 aliphatic carbocycles. The van der Waals surface area contributed by atoms with E-state index in [2.05, 4.69) is 0 Å². The van der Waals surface area contributed by atoms with E-state index < -0.39 is 5.97 Å². The fourth-order valence-corrected chi connectivity index (χ4v) is 2.02. The Hall–Kier alpha value is -1.82. The van der Waals surface area contributed by atoms with Gasteiger partial charge in [-0.2, -0.15) is 0 Å². The zero-order chi connectivity index (χ0) is 10.8. The summed E-state index contributed by atoms with van der Waals surface area (Å²) in [7, 11) is 0. The highest BCUT2D eigenvalue weighted by molar-refractivity contribution is 7.07. The number of aromatic nitrogens is 1. The first-order valence-corrected chi connectivity index (χ1v) is 4.99. The van der Waals surface area contributed by atoms with Gasteiger partial charge in [-0.25, -0.2) is 0 Å². The Kier molecular flexibility index (Phi) is 2.42. The number of furan rings is 1. The van der Waals surface area contributed by atoms with Crippen LogP contribution >= 0.6 is 11.3 Å². The van der Waals surface area contributed by atoms with Crippen molar-refractivity contribution in [3.8, 4) is 11.3 Å². The Morgan fingerprint density at radius 2 is 2.40 bits per heavy atom. The highest BCUT2D eigenvalue weighted by Crippen LogP contribution is 2.20. The van der Waals surface area contributed by atoms with E-state index >= 15 is 0 Å². The van der Waals surface area contributed by atoms with E-state index in [0.29, 0.717) is 11.3 Å². The molecule has 0 atom stereocenters. The fourth-order valence-electron chi connectivity index (χ4n) is 1.25. The molecule has 0 bridgehead atoms. The number of nitrogens with zero attached hydrogens (tertiary/aromatic N) is 1. The Morgan fingerprint density at radius 3 is 3.00 bits per heavy atom. The molecule has 0 fully saturated rings. The number of hydrogen-bond donors (Lipinski definition) is 1. The topological polar surface area (TPSA) is 72.4 Å².